The topological polar surface area (TPSA) is 200 Å². The molecule has 4 aromatic rings. The summed E-state index contributed by atoms with van der Waals surface area (Å²) in [6.07, 6.45) is 2.35. The number of hydrogen-bond acceptors (Lipinski definition) is 13. The normalized spacial score (nSPS) is 18.6. The first-order valence-corrected chi connectivity index (χ1v) is 25.0. The van der Waals surface area contributed by atoms with E-state index in [9.17, 15) is 24.3 Å². The Labute approximate surface area is 432 Å². The van der Waals surface area contributed by atoms with Crippen molar-refractivity contribution in [2.45, 2.75) is 104 Å². The molecule has 0 aliphatic carbocycles. The number of halogens is 2. The summed E-state index contributed by atoms with van der Waals surface area (Å²) in [6, 6.07) is 16.0. The monoisotopic (exact) mass is 1020 g/mol. The van der Waals surface area contributed by atoms with Crippen molar-refractivity contribution in [2.24, 2.45) is 16.7 Å². The van der Waals surface area contributed by atoms with E-state index in [0.717, 1.165) is 74.9 Å². The molecular formula is C55H69F2N9O8. The highest BCUT2D eigenvalue weighted by Crippen LogP contribution is 2.34. The molecule has 7 rings (SSSR count). The Morgan fingerprint density at radius 3 is 2.03 bits per heavy atom. The van der Waals surface area contributed by atoms with Crippen LogP contribution in [0.2, 0.25) is 0 Å². The number of carbonyl (C=O) groups excluding carboxylic acids is 4. The fraction of sp³-hybridized carbons (Fsp3) is 0.491. The summed E-state index contributed by atoms with van der Waals surface area (Å²) in [5.74, 6) is 4.69. The Morgan fingerprint density at radius 1 is 0.824 bits per heavy atom. The number of hydrazine groups is 1. The van der Waals surface area contributed by atoms with Gasteiger partial charge in [0.05, 0.1) is 51.3 Å². The van der Waals surface area contributed by atoms with Gasteiger partial charge in [-0.2, -0.15) is 0 Å². The third kappa shape index (κ3) is 14.3. The summed E-state index contributed by atoms with van der Waals surface area (Å²) in [5.41, 5.74) is 3.10. The molecule has 5 heterocycles. The third-order valence-electron chi connectivity index (χ3n) is 13.8. The zero-order chi connectivity index (χ0) is 53.3. The number of methoxy groups -OCH3 is 2. The molecule has 3 fully saturated rings. The fourth-order valence-electron chi connectivity index (χ4n) is 9.56. The van der Waals surface area contributed by atoms with E-state index in [1.807, 2.05) is 24.3 Å². The van der Waals surface area contributed by atoms with Crippen LogP contribution in [0.4, 0.5) is 24.2 Å². The third-order valence-corrected chi connectivity index (χ3v) is 13.8. The van der Waals surface area contributed by atoms with Crippen LogP contribution in [-0.2, 0) is 36.8 Å². The highest BCUT2D eigenvalue weighted by Gasteiger charge is 2.42. The summed E-state index contributed by atoms with van der Waals surface area (Å²) < 4.78 is 47.2. The molecule has 6 atom stereocenters. The number of likely N-dealkylation sites (tertiary alicyclic amines) is 1. The van der Waals surface area contributed by atoms with E-state index < -0.39 is 89.3 Å². The Bertz CT molecular complexity index is 2630. The second-order valence-corrected chi connectivity index (χ2v) is 21.5. The zero-order valence-electron chi connectivity index (χ0n) is 43.4. The number of alkyl carbamates (subject to hydrolysis) is 2. The minimum atomic E-state index is -1.55. The number of nitrogens with zero attached hydrogens (tertiary/aromatic N) is 5. The smallest absolute Gasteiger partial charge is 0.407 e. The summed E-state index contributed by atoms with van der Waals surface area (Å²) in [5, 5.41) is 21.3. The molecule has 4 amide bonds. The zero-order valence-corrected chi connectivity index (χ0v) is 43.4. The van der Waals surface area contributed by atoms with Crippen LogP contribution in [-0.4, -0.2) is 139 Å². The second-order valence-electron chi connectivity index (χ2n) is 21.5. The standard InChI is InChI=1S/C55H69F2N9O8/c1-54(2,3)48(61-52(70)72-7)50(68)60-45(24-35-15-12-34(13-16-35)14-17-36-18-19-47(59-27-36)64-22-20-37-23-39(29-64)66(28-37)40-32-74-33-40)46(67)31-65(63-51(69)49(55(4,5)6)62-53(71)73-8)30-41-42(56)25-38(26-43(41)57)44-11-9-10-21-58-44/h9-13,15-16,18-19,21,25-27,37,39-40,45-46,48-49,67H,20,22-24,28-33H2,1-8H3,(H,60,68)(H,61,70)(H,62,71)(H,63,69)/t37?,39?,45-,46-,48+,49+/m0/s1. The quantitative estimate of drug-likeness (QED) is 0.0689. The number of ether oxygens (including phenoxy) is 3. The van der Waals surface area contributed by atoms with Crippen LogP contribution in [0.15, 0.2) is 79.1 Å². The highest BCUT2D eigenvalue weighted by molar-refractivity contribution is 5.87. The van der Waals surface area contributed by atoms with Gasteiger partial charge < -0.3 is 40.2 Å². The number of carbonyl (C=O) groups is 4. The van der Waals surface area contributed by atoms with Gasteiger partial charge in [0.15, 0.2) is 0 Å². The van der Waals surface area contributed by atoms with Gasteiger partial charge in [-0.25, -0.2) is 28.4 Å². The number of aromatic nitrogens is 2. The number of aliphatic hydroxyl groups excluding tert-OH is 1. The number of rotatable bonds is 16. The predicted octanol–water partition coefficient (Wildman–Crippen LogP) is 5.58. The minimum absolute atomic E-state index is 0.0170. The number of fused-ring (bicyclic) bond motifs is 2. The Kier molecular flexibility index (Phi) is 17.9. The van der Waals surface area contributed by atoms with Crippen molar-refractivity contribution >= 4 is 29.8 Å². The van der Waals surface area contributed by atoms with Crippen molar-refractivity contribution in [1.29, 1.82) is 0 Å². The Balaban J connectivity index is 1.12. The van der Waals surface area contributed by atoms with Gasteiger partial charge in [0.2, 0.25) is 5.91 Å². The van der Waals surface area contributed by atoms with Crippen LogP contribution in [0, 0.1) is 40.2 Å². The van der Waals surface area contributed by atoms with Crippen LogP contribution >= 0.6 is 0 Å². The van der Waals surface area contributed by atoms with Gasteiger partial charge >= 0.3 is 12.2 Å². The van der Waals surface area contributed by atoms with Crippen LogP contribution in [0.1, 0.15) is 76.6 Å². The van der Waals surface area contributed by atoms with Crippen LogP contribution in [0.3, 0.4) is 0 Å². The molecule has 3 aliphatic rings. The van der Waals surface area contributed by atoms with Crippen LogP contribution in [0.5, 0.6) is 0 Å². The summed E-state index contributed by atoms with van der Waals surface area (Å²) in [4.78, 5) is 67.2. The molecule has 74 heavy (non-hydrogen) atoms. The highest BCUT2D eigenvalue weighted by atomic mass is 19.1. The number of amides is 4. The van der Waals surface area contributed by atoms with E-state index in [-0.39, 0.29) is 12.0 Å². The van der Waals surface area contributed by atoms with Crippen molar-refractivity contribution in [2.75, 3.05) is 58.5 Å². The number of benzene rings is 2. The van der Waals surface area contributed by atoms with Gasteiger partial charge in [-0.05, 0) is 90.1 Å². The predicted molar refractivity (Wildman–Crippen MR) is 274 cm³/mol. The summed E-state index contributed by atoms with van der Waals surface area (Å²) >= 11 is 0. The molecule has 5 N–H and O–H groups in total. The SMILES string of the molecule is COC(=O)N[C@H](C(=O)N[C@@H](Cc1ccc(C#Cc2ccc(N3CCC4CC(C3)N(C3COC3)C4)nc2)cc1)[C@@H](O)CN(Cc1c(F)cc(-c2ccccn2)cc1F)NC(=O)[C@@H](NC(=O)OC)C(C)(C)C)C(C)(C)C. The second kappa shape index (κ2) is 24.1. The number of anilines is 1. The average molecular weight is 1020 g/mol. The number of nitrogens with one attached hydrogen (secondary N) is 4. The molecule has 17 nitrogen and oxygen atoms in total. The minimum Gasteiger partial charge on any atom is -0.453 e. The molecule has 19 heteroatoms. The summed E-state index contributed by atoms with van der Waals surface area (Å²) in [7, 11) is 2.32. The van der Waals surface area contributed by atoms with Crippen molar-refractivity contribution in [1.82, 2.24) is 41.3 Å². The van der Waals surface area contributed by atoms with E-state index in [1.54, 1.807) is 78.1 Å². The van der Waals surface area contributed by atoms with Crippen molar-refractivity contribution < 1.29 is 47.3 Å². The molecule has 2 bridgehead atoms. The van der Waals surface area contributed by atoms with Gasteiger partial charge in [0.1, 0.15) is 29.5 Å². The number of aliphatic hydroxyl groups is 1. The molecule has 396 valence electrons. The van der Waals surface area contributed by atoms with E-state index in [4.69, 9.17) is 19.2 Å². The maximum absolute atomic E-state index is 16.0. The van der Waals surface area contributed by atoms with Gasteiger partial charge in [0, 0.05) is 73.4 Å². The van der Waals surface area contributed by atoms with E-state index in [0.29, 0.717) is 34.8 Å². The maximum atomic E-state index is 16.0. The first-order valence-electron chi connectivity index (χ1n) is 25.0. The summed E-state index contributed by atoms with van der Waals surface area (Å²) in [6.45, 7) is 13.9. The first-order chi connectivity index (χ1) is 35.2. The largest absolute Gasteiger partial charge is 0.453 e. The van der Waals surface area contributed by atoms with Gasteiger partial charge in [0.25, 0.3) is 5.91 Å². The fourth-order valence-corrected chi connectivity index (χ4v) is 9.56. The molecule has 0 saturated carbocycles. The van der Waals surface area contributed by atoms with E-state index in [1.165, 1.54) is 19.7 Å². The van der Waals surface area contributed by atoms with Gasteiger partial charge in [-0.3, -0.25) is 24.9 Å². The Hall–Kier alpha value is -6.72. The molecule has 2 unspecified atom stereocenters. The van der Waals surface area contributed by atoms with Gasteiger partial charge in [-0.15, -0.1) is 0 Å². The first kappa shape index (κ1) is 55.0. The van der Waals surface area contributed by atoms with Crippen LogP contribution < -0.4 is 26.3 Å². The molecular weight excluding hydrogens is 953 g/mol. The lowest BCUT2D eigenvalue weighted by Gasteiger charge is -2.40. The molecule has 3 aliphatic heterocycles. The lowest BCUT2D eigenvalue weighted by molar-refractivity contribution is -0.132. The number of pyridine rings is 2. The van der Waals surface area contributed by atoms with Crippen molar-refractivity contribution in [3.63, 3.8) is 0 Å². The van der Waals surface area contributed by atoms with Crippen molar-refractivity contribution in [3.05, 3.63) is 113 Å². The maximum Gasteiger partial charge on any atom is 0.407 e. The molecule has 2 aromatic heterocycles. The van der Waals surface area contributed by atoms with Gasteiger partial charge in [-0.1, -0.05) is 71.6 Å². The number of hydrogen-bond donors (Lipinski definition) is 5. The lowest BCUT2D eigenvalue weighted by atomic mass is 9.85. The van der Waals surface area contributed by atoms with Crippen molar-refractivity contribution in [3.8, 4) is 23.1 Å². The Morgan fingerprint density at radius 2 is 1.46 bits per heavy atom. The molecule has 0 radical (unpaired) electrons. The van der Waals surface area contributed by atoms with E-state index in [2.05, 4.69) is 48.0 Å². The lowest BCUT2D eigenvalue weighted by Crippen LogP contribution is -2.61. The van der Waals surface area contributed by atoms with Crippen LogP contribution in [0.25, 0.3) is 11.3 Å². The van der Waals surface area contributed by atoms with E-state index >= 15 is 8.78 Å². The molecule has 3 saturated heterocycles. The molecule has 0 spiro atoms. The average Bonchev–Trinajstić information content (AvgIpc) is 3.60. The molecule has 2 aromatic carbocycles.